The molecule has 2 aliphatic heterocycles. The van der Waals surface area contributed by atoms with Crippen molar-refractivity contribution in [2.24, 2.45) is 0 Å². The van der Waals surface area contributed by atoms with Gasteiger partial charge in [-0.15, -0.1) is 0 Å². The molecule has 0 radical (unpaired) electrons. The molecule has 2 aliphatic rings. The predicted molar refractivity (Wildman–Crippen MR) is 110 cm³/mol. The molecule has 0 aliphatic carbocycles. The molecule has 2 aromatic rings. The summed E-state index contributed by atoms with van der Waals surface area (Å²) in [4.78, 5) is 49.8. The lowest BCUT2D eigenvalue weighted by atomic mass is 10.0. The van der Waals surface area contributed by atoms with Crippen LogP contribution in [0, 0.1) is 0 Å². The number of amides is 4. The maximum absolute atomic E-state index is 14.6. The monoisotopic (exact) mass is 463 g/mol. The number of imide groups is 1. The van der Waals surface area contributed by atoms with Crippen molar-refractivity contribution >= 4 is 35.2 Å². The molecule has 1 fully saturated rings. The Kier molecular flexibility index (Phi) is 5.03. The molecule has 0 spiro atoms. The zero-order chi connectivity index (χ0) is 24.8. The normalized spacial score (nSPS) is 21.6. The number of alkyl halides is 2. The number of carbonyl (C=O) groups is 4. The number of piperidine rings is 1. The van der Waals surface area contributed by atoms with Crippen LogP contribution in [-0.4, -0.2) is 34.6 Å². The van der Waals surface area contributed by atoms with Gasteiger partial charge in [0.25, 0.3) is 11.8 Å². The lowest BCUT2D eigenvalue weighted by Crippen LogP contribution is -2.52. The highest BCUT2D eigenvalue weighted by Gasteiger charge is 2.41. The Labute approximate surface area is 189 Å². The molecule has 2 aromatic carbocycles. The van der Waals surface area contributed by atoms with Crippen molar-refractivity contribution in [3.8, 4) is 0 Å². The highest BCUT2D eigenvalue weighted by atomic mass is 35.5. The van der Waals surface area contributed by atoms with Crippen molar-refractivity contribution in [2.75, 3.05) is 0 Å². The summed E-state index contributed by atoms with van der Waals surface area (Å²) in [6.45, 7) is -1.79. The van der Waals surface area contributed by atoms with Gasteiger partial charge in [-0.25, -0.2) is 0 Å². The Balaban J connectivity index is 1.52. The summed E-state index contributed by atoms with van der Waals surface area (Å²) in [6, 6.07) is 7.59. The number of nitrogens with one attached hydrogen (secondary N) is 2. The van der Waals surface area contributed by atoms with E-state index in [0.717, 1.165) is 17.0 Å². The topological polar surface area (TPSA) is 95.6 Å². The Morgan fingerprint density at radius 3 is 2.66 bits per heavy atom. The number of rotatable bonds is 5. The molecule has 10 heteroatoms. The molecule has 1 saturated heterocycles. The minimum atomic E-state index is -3.96. The summed E-state index contributed by atoms with van der Waals surface area (Å²) in [6.07, 6.45) is 0.119. The van der Waals surface area contributed by atoms with Gasteiger partial charge >= 0.3 is 5.92 Å². The van der Waals surface area contributed by atoms with E-state index >= 15 is 0 Å². The lowest BCUT2D eigenvalue weighted by Gasteiger charge is -2.29. The van der Waals surface area contributed by atoms with E-state index in [0.29, 0.717) is 0 Å². The second-order valence-electron chi connectivity index (χ2n) is 7.43. The fourth-order valence-corrected chi connectivity index (χ4v) is 3.71. The van der Waals surface area contributed by atoms with Crippen LogP contribution >= 0.6 is 11.6 Å². The number of benzene rings is 2. The summed E-state index contributed by atoms with van der Waals surface area (Å²) >= 11 is 5.70. The summed E-state index contributed by atoms with van der Waals surface area (Å²) in [5.41, 5.74) is 0.0225. The smallest absolute Gasteiger partial charge is 0.346 e. The van der Waals surface area contributed by atoms with E-state index in [1.165, 1.54) is 30.3 Å². The first-order valence-corrected chi connectivity index (χ1v) is 10.0. The van der Waals surface area contributed by atoms with E-state index < -0.39 is 54.2 Å². The molecule has 166 valence electrons. The molecule has 0 saturated carbocycles. The molecular weight excluding hydrogens is 444 g/mol. The van der Waals surface area contributed by atoms with E-state index in [-0.39, 0.29) is 39.9 Å². The Morgan fingerprint density at radius 1 is 1.25 bits per heavy atom. The van der Waals surface area contributed by atoms with Crippen molar-refractivity contribution in [3.05, 3.63) is 69.7 Å². The molecule has 2 unspecified atom stereocenters. The highest BCUT2D eigenvalue weighted by molar-refractivity contribution is 6.30. The van der Waals surface area contributed by atoms with Gasteiger partial charge in [-0.1, -0.05) is 35.9 Å². The average molecular weight is 464 g/mol. The van der Waals surface area contributed by atoms with Crippen LogP contribution in [0.15, 0.2) is 42.5 Å². The van der Waals surface area contributed by atoms with E-state index in [1.54, 1.807) is 0 Å². The standard InChI is InChI=1S/C22H18ClF2N3O4/c23-15-4-2-14(3-5-15)22(24,25)21(32)26-10-12-1-6-16-13(9-12)11-28(20(16)31)17-7-8-18(29)27-19(17)30/h1-6,9,17H,7-8,10-11H2,(H,26,32)(H,27,29,30)/i11D/hD. The fraction of sp³-hybridized carbons (Fsp3) is 0.273. The van der Waals surface area contributed by atoms with Gasteiger partial charge in [0.05, 0.1) is 1.37 Å². The third-order valence-corrected chi connectivity index (χ3v) is 5.54. The molecule has 0 aromatic heterocycles. The van der Waals surface area contributed by atoms with Gasteiger partial charge in [-0.2, -0.15) is 8.78 Å². The van der Waals surface area contributed by atoms with Crippen molar-refractivity contribution in [1.82, 2.24) is 15.5 Å². The van der Waals surface area contributed by atoms with Gasteiger partial charge in [-0.05, 0) is 35.7 Å². The van der Waals surface area contributed by atoms with Crippen LogP contribution in [0.3, 0.4) is 0 Å². The third kappa shape index (κ3) is 4.08. The van der Waals surface area contributed by atoms with Crippen LogP contribution in [0.2, 0.25) is 6.43 Å². The van der Waals surface area contributed by atoms with Gasteiger partial charge in [0.15, 0.2) is 1.41 Å². The van der Waals surface area contributed by atoms with Crippen molar-refractivity contribution in [3.63, 3.8) is 0 Å². The van der Waals surface area contributed by atoms with Crippen LogP contribution in [0.4, 0.5) is 8.78 Å². The van der Waals surface area contributed by atoms with Gasteiger partial charge in [0, 0.05) is 35.6 Å². The van der Waals surface area contributed by atoms with E-state index in [4.69, 9.17) is 14.4 Å². The first-order chi connectivity index (χ1) is 16.0. The number of fused-ring (bicyclic) bond motifs is 1. The Bertz CT molecular complexity index is 1200. The minimum Gasteiger partial charge on any atom is -0.346 e. The van der Waals surface area contributed by atoms with Crippen LogP contribution in [0.25, 0.3) is 0 Å². The molecule has 4 rings (SSSR count). The number of nitrogens with zero attached hydrogens (tertiary/aromatic N) is 1. The maximum atomic E-state index is 14.6. The maximum Gasteiger partial charge on any atom is 0.349 e. The first kappa shape index (κ1) is 19.4. The largest absolute Gasteiger partial charge is 0.349 e. The third-order valence-electron chi connectivity index (χ3n) is 5.29. The lowest BCUT2D eigenvalue weighted by molar-refractivity contribution is -0.147. The molecule has 7 nitrogen and oxygen atoms in total. The number of hydrogen-bond donors (Lipinski definition) is 2. The molecular formula is C22H18ClF2N3O4. The van der Waals surface area contributed by atoms with Crippen LogP contribution < -0.4 is 10.6 Å². The van der Waals surface area contributed by atoms with Crippen molar-refractivity contribution in [1.29, 1.82) is 0 Å². The quantitative estimate of drug-likeness (QED) is 0.666. The van der Waals surface area contributed by atoms with Crippen LogP contribution in [0.5, 0.6) is 0 Å². The van der Waals surface area contributed by atoms with Gasteiger partial charge in [0.1, 0.15) is 6.04 Å². The first-order valence-electron chi connectivity index (χ1n) is 10.7. The zero-order valence-corrected chi connectivity index (χ0v) is 17.2. The van der Waals surface area contributed by atoms with Gasteiger partial charge in [0.2, 0.25) is 11.8 Å². The predicted octanol–water partition coefficient (Wildman–Crippen LogP) is 2.51. The summed E-state index contributed by atoms with van der Waals surface area (Å²) in [5.74, 6) is -7.39. The second-order valence-corrected chi connectivity index (χ2v) is 7.87. The molecule has 32 heavy (non-hydrogen) atoms. The fourth-order valence-electron chi connectivity index (χ4n) is 3.58. The number of carbonyl (C=O) groups excluding carboxylic acids is 4. The second kappa shape index (κ2) is 8.31. The van der Waals surface area contributed by atoms with Crippen LogP contribution in [0.1, 0.15) is 41.3 Å². The SMILES string of the molecule is [2H]C1c2cc(CN([2H])C(=O)C(F)(F)c3ccc(Cl)cc3)ccc2C(=O)N1C1CCC(=O)NC1=O. The van der Waals surface area contributed by atoms with Gasteiger partial charge in [-0.3, -0.25) is 24.5 Å². The molecule has 2 N–H and O–H groups in total. The molecule has 2 atom stereocenters. The zero-order valence-electron chi connectivity index (χ0n) is 18.5. The van der Waals surface area contributed by atoms with Crippen molar-refractivity contribution in [2.45, 2.75) is 37.9 Å². The molecule has 0 bridgehead atoms. The average Bonchev–Trinajstić information content (AvgIpc) is 3.03. The van der Waals surface area contributed by atoms with Crippen LogP contribution in [-0.2, 0) is 33.4 Å². The highest BCUT2D eigenvalue weighted by Crippen LogP contribution is 2.30. The Morgan fingerprint density at radius 2 is 1.97 bits per heavy atom. The van der Waals surface area contributed by atoms with Crippen molar-refractivity contribution < 1.29 is 30.7 Å². The van der Waals surface area contributed by atoms with E-state index in [9.17, 15) is 28.0 Å². The summed E-state index contributed by atoms with van der Waals surface area (Å²) in [5, 5.41) is 2.49. The van der Waals surface area contributed by atoms with E-state index in [2.05, 4.69) is 5.32 Å². The summed E-state index contributed by atoms with van der Waals surface area (Å²) in [7, 11) is 0. The van der Waals surface area contributed by atoms with E-state index in [1.807, 2.05) is 0 Å². The summed E-state index contributed by atoms with van der Waals surface area (Å²) < 4.78 is 45.5. The number of halogens is 3. The molecule has 4 amide bonds. The molecule has 2 heterocycles. The minimum absolute atomic E-state index is 0.0340. The Hall–Kier alpha value is -3.33. The van der Waals surface area contributed by atoms with Gasteiger partial charge < -0.3 is 10.2 Å². The number of hydrogen-bond acceptors (Lipinski definition) is 4.